The first kappa shape index (κ1) is 31.2. The summed E-state index contributed by atoms with van der Waals surface area (Å²) in [5.74, 6) is -4.17. The summed E-state index contributed by atoms with van der Waals surface area (Å²) >= 11 is 0. The molecule has 0 amide bonds. The predicted octanol–water partition coefficient (Wildman–Crippen LogP) is -4.40. The van der Waals surface area contributed by atoms with Gasteiger partial charge < -0.3 is 29.4 Å². The molecule has 0 bridgehead atoms. The smallest absolute Gasteiger partial charge is 0.390 e. The van der Waals surface area contributed by atoms with Crippen LogP contribution in [0.5, 0.6) is 0 Å². The molecule has 0 saturated carbocycles. The van der Waals surface area contributed by atoms with E-state index in [1.54, 1.807) is 4.98 Å². The van der Waals surface area contributed by atoms with Gasteiger partial charge in [-0.05, 0) is 11.1 Å². The maximum absolute atomic E-state index is 15.3. The highest BCUT2D eigenvalue weighted by atomic mass is 31.3. The van der Waals surface area contributed by atoms with E-state index in [4.69, 9.17) is 46.1 Å². The minimum atomic E-state index is -6.21. The molecule has 0 spiro atoms. The fourth-order valence-corrected chi connectivity index (χ4v) is 5.20. The second-order valence-electron chi connectivity index (χ2n) is 6.02. The number of halogens is 2. The molecule has 8 radical (unpaired) electrons. The van der Waals surface area contributed by atoms with Crippen molar-refractivity contribution in [2.45, 2.75) is 17.5 Å². The number of phosphoric ester groups is 1. The van der Waals surface area contributed by atoms with Crippen LogP contribution in [-0.2, 0) is 31.6 Å². The molecule has 0 aliphatic carbocycles. The van der Waals surface area contributed by atoms with Crippen LogP contribution < -0.4 is 22.3 Å². The average molecular weight is 545 g/mol. The first-order chi connectivity index (χ1) is 15.1. The van der Waals surface area contributed by atoms with Crippen molar-refractivity contribution in [1.29, 1.82) is 0 Å². The molecule has 25 heteroatoms. The van der Waals surface area contributed by atoms with Crippen LogP contribution in [0.25, 0.3) is 0 Å². The molecule has 6 N–H and O–H groups in total. The van der Waals surface area contributed by atoms with Crippen molar-refractivity contribution < 1.29 is 65.0 Å². The number of nitrogens with one attached hydrogen (secondary N) is 1. The summed E-state index contributed by atoms with van der Waals surface area (Å²) in [5, 5.41) is 5.42. The van der Waals surface area contributed by atoms with Crippen molar-refractivity contribution >= 4 is 65.9 Å². The highest BCUT2D eigenvalue weighted by Gasteiger charge is 2.54. The van der Waals surface area contributed by atoms with Gasteiger partial charge in [0.1, 0.15) is 44.7 Å². The molecule has 0 aliphatic heterocycles. The second-order valence-corrected chi connectivity index (χ2v) is 10.4. The van der Waals surface area contributed by atoms with Gasteiger partial charge in [-0.15, -0.1) is 0 Å². The number of aliphatic hydroxyl groups excluding tert-OH is 1. The minimum absolute atomic E-state index is 0.0294. The number of ether oxygens (including phenoxy) is 1. The third-order valence-electron chi connectivity index (χ3n) is 3.43. The molecule has 182 valence electrons. The molecule has 4 atom stereocenters. The van der Waals surface area contributed by atoms with Gasteiger partial charge in [-0.3, -0.25) is 18.9 Å². The molecule has 1 aromatic rings. The van der Waals surface area contributed by atoms with Crippen molar-refractivity contribution in [2.75, 3.05) is 13.3 Å². The first-order valence-electron chi connectivity index (χ1n) is 7.96. The number of aromatic amines is 1. The minimum Gasteiger partial charge on any atom is -0.390 e. The third kappa shape index (κ3) is 7.82. The van der Waals surface area contributed by atoms with Gasteiger partial charge in [0.15, 0.2) is 6.23 Å². The molecular weight excluding hydrogens is 534 g/mol. The van der Waals surface area contributed by atoms with Crippen LogP contribution in [0.15, 0.2) is 9.59 Å². The van der Waals surface area contributed by atoms with Gasteiger partial charge in [0, 0.05) is 0 Å². The lowest BCUT2D eigenvalue weighted by Gasteiger charge is -2.41. The van der Waals surface area contributed by atoms with Crippen LogP contribution in [0.3, 0.4) is 0 Å². The van der Waals surface area contributed by atoms with E-state index in [9.17, 15) is 37.7 Å². The largest absolute Gasteiger partial charge is 0.490 e. The number of aromatic nitrogens is 2. The van der Waals surface area contributed by atoms with E-state index < -0.39 is 76.5 Å². The Labute approximate surface area is 192 Å². The quantitative estimate of drug-likeness (QED) is 0.107. The summed E-state index contributed by atoms with van der Waals surface area (Å²) in [6.45, 7) is -3.90. The van der Waals surface area contributed by atoms with E-state index in [-0.39, 0.29) is 4.57 Å². The summed E-state index contributed by atoms with van der Waals surface area (Å²) in [6, 6.07) is 0. The Balaban J connectivity index is 3.32. The maximum Gasteiger partial charge on any atom is 0.490 e. The van der Waals surface area contributed by atoms with Crippen molar-refractivity contribution in [3.05, 3.63) is 20.8 Å². The Kier molecular flexibility index (Phi) is 9.74. The van der Waals surface area contributed by atoms with Gasteiger partial charge in [0.25, 0.3) is 0 Å². The summed E-state index contributed by atoms with van der Waals surface area (Å²) in [7, 11) is 2.89. The highest BCUT2D eigenvalue weighted by molar-refractivity contribution is 7.66. The zero-order valence-corrected chi connectivity index (χ0v) is 18.9. The van der Waals surface area contributed by atoms with Gasteiger partial charge in [0.2, 0.25) is 11.4 Å². The number of alkyl halides is 2. The summed E-state index contributed by atoms with van der Waals surface area (Å²) < 4.78 is 77.8. The van der Waals surface area contributed by atoms with Crippen molar-refractivity contribution in [3.63, 3.8) is 0 Å². The van der Waals surface area contributed by atoms with Crippen LogP contribution in [-0.4, -0.2) is 90.2 Å². The lowest BCUT2D eigenvalue weighted by atomic mass is 9.61. The Morgan fingerprint density at radius 3 is 2.03 bits per heavy atom. The van der Waals surface area contributed by atoms with Crippen LogP contribution in [0.4, 0.5) is 8.78 Å². The first-order valence-corrected chi connectivity index (χ1v) is 12.5. The standard InChI is InChI=1S/C9H11B4F2N2O14P3/c10-4-5(11)17(7(20)16-6(4)19)3(1-14)28-8(15,2-18)9(12,13)29-33(24,25)31-34(26,27)30-32(21,22)23/h3,18H,1-2H2,(H,24,25)(H,26,27)(H,16,19,20)(H2,21,22,23)/t3?,8-/m0/s1. The number of nitrogens with zero attached hydrogens (tertiary/aromatic N) is 1. The van der Waals surface area contributed by atoms with E-state index in [0.717, 1.165) is 0 Å². The SMILES string of the molecule is [B]c1c([B])n(C(CF)O[C@@](F)(CO)C([B])([B])OP(=O)(O)OP(=O)(O)OP(=O)(O)O)c(=O)[nH]c1=O. The number of aliphatic hydroxyl groups is 1. The van der Waals surface area contributed by atoms with Gasteiger partial charge in [0.05, 0.1) is 5.40 Å². The molecular formula is C9H11B4F2N2O14P3. The number of hydrogen-bond acceptors (Lipinski definition) is 10. The Morgan fingerprint density at radius 2 is 1.59 bits per heavy atom. The van der Waals surface area contributed by atoms with E-state index >= 15 is 4.39 Å². The highest BCUT2D eigenvalue weighted by Crippen LogP contribution is 2.67. The molecule has 1 aromatic heterocycles. The van der Waals surface area contributed by atoms with Crippen molar-refractivity contribution in [2.24, 2.45) is 0 Å². The fraction of sp³-hybridized carbons (Fsp3) is 0.556. The van der Waals surface area contributed by atoms with E-state index in [2.05, 4.69) is 17.9 Å². The molecule has 16 nitrogen and oxygen atoms in total. The molecule has 1 rings (SSSR count). The van der Waals surface area contributed by atoms with Crippen molar-refractivity contribution in [1.82, 2.24) is 9.55 Å². The van der Waals surface area contributed by atoms with E-state index in [1.165, 1.54) is 0 Å². The zero-order valence-electron chi connectivity index (χ0n) is 16.3. The fourth-order valence-electron chi connectivity index (χ4n) is 2.04. The Morgan fingerprint density at radius 1 is 1.06 bits per heavy atom. The topological polar surface area (TPSA) is 244 Å². The van der Waals surface area contributed by atoms with Crippen LogP contribution in [0.1, 0.15) is 6.23 Å². The van der Waals surface area contributed by atoms with Gasteiger partial charge >= 0.3 is 29.2 Å². The van der Waals surface area contributed by atoms with Crippen molar-refractivity contribution in [3.8, 4) is 0 Å². The van der Waals surface area contributed by atoms with Gasteiger partial charge in [-0.2, -0.15) is 8.62 Å². The van der Waals surface area contributed by atoms with E-state index in [1.807, 2.05) is 0 Å². The van der Waals surface area contributed by atoms with Gasteiger partial charge in [-0.1, -0.05) is 0 Å². The normalized spacial score (nSPS) is 19.0. The number of hydrogen-bond donors (Lipinski definition) is 6. The van der Waals surface area contributed by atoms with E-state index in [0.29, 0.717) is 0 Å². The Bertz CT molecular complexity index is 1170. The van der Waals surface area contributed by atoms with Crippen LogP contribution in [0.2, 0.25) is 0 Å². The Hall–Kier alpha value is -0.870. The zero-order chi connectivity index (χ0) is 26.9. The monoisotopic (exact) mass is 546 g/mol. The second kappa shape index (κ2) is 10.6. The molecule has 0 saturated heterocycles. The molecule has 3 unspecified atom stereocenters. The lowest BCUT2D eigenvalue weighted by molar-refractivity contribution is -0.257. The molecule has 1 heterocycles. The predicted molar refractivity (Wildman–Crippen MR) is 108 cm³/mol. The maximum atomic E-state index is 15.3. The lowest BCUT2D eigenvalue weighted by Crippen LogP contribution is -2.61. The van der Waals surface area contributed by atoms with Gasteiger partial charge in [-0.25, -0.2) is 27.3 Å². The summed E-state index contributed by atoms with van der Waals surface area (Å²) in [4.78, 5) is 60.4. The molecule has 0 aliphatic rings. The summed E-state index contributed by atoms with van der Waals surface area (Å²) in [5.41, 5.74) is -4.53. The van der Waals surface area contributed by atoms with Crippen LogP contribution in [0, 0.1) is 0 Å². The average Bonchev–Trinajstić information content (AvgIpc) is 2.60. The third-order valence-corrected chi connectivity index (χ3v) is 7.29. The summed E-state index contributed by atoms with van der Waals surface area (Å²) in [6.07, 6.45) is -2.53. The molecule has 0 fully saturated rings. The number of H-pyrrole nitrogens is 1. The molecule has 0 aromatic carbocycles. The number of phosphoric acid groups is 3. The molecule has 34 heavy (non-hydrogen) atoms. The van der Waals surface area contributed by atoms with Crippen LogP contribution >= 0.6 is 23.5 Å². The number of rotatable bonds is 12.